The van der Waals surface area contributed by atoms with Crippen LogP contribution in [0.15, 0.2) is 63.0 Å². The summed E-state index contributed by atoms with van der Waals surface area (Å²) in [6.45, 7) is 1.89. The first-order chi connectivity index (χ1) is 12.1. The van der Waals surface area contributed by atoms with Crippen LogP contribution in [-0.4, -0.2) is 9.97 Å². The Balaban J connectivity index is 1.76. The number of thioether (sulfide) groups is 1. The largest absolute Gasteiger partial charge is 0.423 e. The lowest BCUT2D eigenvalue weighted by Crippen LogP contribution is -2.00. The van der Waals surface area contributed by atoms with Crippen LogP contribution in [0.25, 0.3) is 21.9 Å². The van der Waals surface area contributed by atoms with Crippen molar-refractivity contribution in [3.05, 3.63) is 75.4 Å². The molecule has 25 heavy (non-hydrogen) atoms. The number of hydrogen-bond donors (Lipinski definition) is 0. The lowest BCUT2D eigenvalue weighted by atomic mass is 10.1. The number of para-hydroxylation sites is 1. The molecule has 4 aromatic rings. The molecule has 0 aliphatic rings. The number of fused-ring (bicyclic) bond motifs is 2. The van der Waals surface area contributed by atoms with E-state index in [1.54, 1.807) is 24.2 Å². The van der Waals surface area contributed by atoms with Crippen molar-refractivity contribution in [3.63, 3.8) is 0 Å². The maximum atomic E-state index is 11.9. The molecule has 2 aromatic heterocycles. The summed E-state index contributed by atoms with van der Waals surface area (Å²) in [6, 6.07) is 13.0. The van der Waals surface area contributed by atoms with E-state index in [0.717, 1.165) is 32.4 Å². The van der Waals surface area contributed by atoms with Crippen molar-refractivity contribution < 1.29 is 4.42 Å². The Kier molecular flexibility index (Phi) is 4.19. The second-order valence-corrected chi connectivity index (χ2v) is 7.04. The van der Waals surface area contributed by atoms with Crippen LogP contribution in [0.2, 0.25) is 5.02 Å². The molecule has 0 atom stereocenters. The summed E-state index contributed by atoms with van der Waals surface area (Å²) in [5.74, 6) is 0.586. The van der Waals surface area contributed by atoms with Gasteiger partial charge in [-0.2, -0.15) is 0 Å². The number of hydrogen-bond acceptors (Lipinski definition) is 5. The minimum Gasteiger partial charge on any atom is -0.423 e. The summed E-state index contributed by atoms with van der Waals surface area (Å²) in [5, 5.41) is 3.38. The van der Waals surface area contributed by atoms with Crippen molar-refractivity contribution in [3.8, 4) is 0 Å². The van der Waals surface area contributed by atoms with Gasteiger partial charge in [-0.1, -0.05) is 29.8 Å². The van der Waals surface area contributed by atoms with Crippen molar-refractivity contribution in [1.82, 2.24) is 9.97 Å². The minimum absolute atomic E-state index is 0.364. The molecular formula is C19H13ClN2O2S. The van der Waals surface area contributed by atoms with Gasteiger partial charge in [0.05, 0.1) is 5.52 Å². The van der Waals surface area contributed by atoms with E-state index in [-0.39, 0.29) is 5.63 Å². The molecule has 0 radical (unpaired) electrons. The maximum absolute atomic E-state index is 11.9. The molecule has 4 nitrogen and oxygen atoms in total. The third kappa shape index (κ3) is 3.13. The first kappa shape index (κ1) is 16.1. The summed E-state index contributed by atoms with van der Waals surface area (Å²) in [6.07, 6.45) is 1.56. The third-order valence-corrected chi connectivity index (χ3v) is 5.44. The van der Waals surface area contributed by atoms with Crippen molar-refractivity contribution >= 4 is 45.2 Å². The third-order valence-electron chi connectivity index (χ3n) is 3.98. The van der Waals surface area contributed by atoms with E-state index in [2.05, 4.69) is 9.97 Å². The Morgan fingerprint density at radius 2 is 1.96 bits per heavy atom. The zero-order chi connectivity index (χ0) is 17.4. The summed E-state index contributed by atoms with van der Waals surface area (Å²) >= 11 is 7.81. The Labute approximate surface area is 152 Å². The second-order valence-electron chi connectivity index (χ2n) is 5.67. The highest BCUT2D eigenvalue weighted by Gasteiger charge is 2.11. The molecule has 0 bridgehead atoms. The minimum atomic E-state index is -0.364. The van der Waals surface area contributed by atoms with Crippen LogP contribution in [0.5, 0.6) is 0 Å². The van der Waals surface area contributed by atoms with Gasteiger partial charge >= 0.3 is 5.63 Å². The molecule has 0 aliphatic carbocycles. The Hall–Kier alpha value is -2.37. The lowest BCUT2D eigenvalue weighted by molar-refractivity contribution is 0.559. The molecule has 0 amide bonds. The molecule has 0 saturated heterocycles. The predicted octanol–water partition coefficient (Wildman–Crippen LogP) is 4.99. The first-order valence-electron chi connectivity index (χ1n) is 7.67. The van der Waals surface area contributed by atoms with E-state index >= 15 is 0 Å². The van der Waals surface area contributed by atoms with E-state index in [9.17, 15) is 4.79 Å². The van der Waals surface area contributed by atoms with Gasteiger partial charge in [0, 0.05) is 27.6 Å². The maximum Gasteiger partial charge on any atom is 0.336 e. The van der Waals surface area contributed by atoms with Crippen LogP contribution < -0.4 is 5.63 Å². The molecule has 2 heterocycles. The van der Waals surface area contributed by atoms with Gasteiger partial charge in [0.1, 0.15) is 16.9 Å². The van der Waals surface area contributed by atoms with Crippen LogP contribution in [0.4, 0.5) is 0 Å². The van der Waals surface area contributed by atoms with Crippen LogP contribution in [0.1, 0.15) is 11.1 Å². The van der Waals surface area contributed by atoms with Gasteiger partial charge in [-0.3, -0.25) is 0 Å². The number of halogens is 1. The fourth-order valence-corrected chi connectivity index (χ4v) is 3.85. The van der Waals surface area contributed by atoms with Gasteiger partial charge in [-0.05, 0) is 36.2 Å². The summed E-state index contributed by atoms with van der Waals surface area (Å²) in [5.41, 5.74) is 2.84. The summed E-state index contributed by atoms with van der Waals surface area (Å²) in [4.78, 5) is 20.5. The van der Waals surface area contributed by atoms with Crippen molar-refractivity contribution in [2.24, 2.45) is 0 Å². The molecule has 6 heteroatoms. The highest BCUT2D eigenvalue weighted by atomic mass is 35.5. The molecule has 0 N–H and O–H groups in total. The molecule has 0 unspecified atom stereocenters. The Bertz CT molecular complexity index is 1150. The van der Waals surface area contributed by atoms with E-state index in [0.29, 0.717) is 16.4 Å². The molecular weight excluding hydrogens is 356 g/mol. The van der Waals surface area contributed by atoms with Gasteiger partial charge in [-0.25, -0.2) is 14.8 Å². The van der Waals surface area contributed by atoms with Crippen molar-refractivity contribution in [2.75, 3.05) is 0 Å². The van der Waals surface area contributed by atoms with Gasteiger partial charge < -0.3 is 4.42 Å². The Morgan fingerprint density at radius 3 is 2.84 bits per heavy atom. The van der Waals surface area contributed by atoms with Crippen LogP contribution in [-0.2, 0) is 5.75 Å². The molecule has 0 spiro atoms. The van der Waals surface area contributed by atoms with E-state index in [1.165, 1.54) is 6.07 Å². The number of benzene rings is 2. The fraction of sp³-hybridized carbons (Fsp3) is 0.105. The molecule has 4 rings (SSSR count). The van der Waals surface area contributed by atoms with Gasteiger partial charge in [-0.15, -0.1) is 11.8 Å². The van der Waals surface area contributed by atoms with E-state index in [1.807, 2.05) is 37.3 Å². The van der Waals surface area contributed by atoms with Gasteiger partial charge in [0.15, 0.2) is 0 Å². The molecule has 2 aromatic carbocycles. The van der Waals surface area contributed by atoms with Crippen LogP contribution in [0.3, 0.4) is 0 Å². The van der Waals surface area contributed by atoms with Gasteiger partial charge in [0.2, 0.25) is 0 Å². The lowest BCUT2D eigenvalue weighted by Gasteiger charge is -2.08. The van der Waals surface area contributed by atoms with Crippen molar-refractivity contribution in [2.45, 2.75) is 17.7 Å². The quantitative estimate of drug-likeness (QED) is 0.289. The fourth-order valence-electron chi connectivity index (χ4n) is 2.71. The number of aryl methyl sites for hydroxylation is 1. The molecule has 124 valence electrons. The van der Waals surface area contributed by atoms with Crippen LogP contribution >= 0.6 is 23.4 Å². The van der Waals surface area contributed by atoms with Gasteiger partial charge in [0.25, 0.3) is 0 Å². The normalized spacial score (nSPS) is 11.3. The molecule has 0 fully saturated rings. The average molecular weight is 369 g/mol. The monoisotopic (exact) mass is 368 g/mol. The van der Waals surface area contributed by atoms with Crippen molar-refractivity contribution in [1.29, 1.82) is 0 Å². The van der Waals surface area contributed by atoms with E-state index in [4.69, 9.17) is 16.0 Å². The predicted molar refractivity (Wildman–Crippen MR) is 101 cm³/mol. The number of nitrogens with zero attached hydrogens (tertiary/aromatic N) is 2. The Morgan fingerprint density at radius 1 is 1.12 bits per heavy atom. The zero-order valence-electron chi connectivity index (χ0n) is 13.3. The first-order valence-corrected chi connectivity index (χ1v) is 9.03. The molecule has 0 aliphatic heterocycles. The van der Waals surface area contributed by atoms with Crippen LogP contribution in [0, 0.1) is 6.92 Å². The molecule has 0 saturated carbocycles. The highest BCUT2D eigenvalue weighted by Crippen LogP contribution is 2.31. The second kappa shape index (κ2) is 6.50. The standard InChI is InChI=1S/C19H13ClN2O2S/c1-11-6-17-14(8-15(11)20)12(7-18(23)24-17)9-25-19-13-4-2-3-5-16(13)21-10-22-19/h2-8,10H,9H2,1H3. The average Bonchev–Trinajstić information content (AvgIpc) is 2.61. The van der Waals surface area contributed by atoms with E-state index < -0.39 is 0 Å². The summed E-state index contributed by atoms with van der Waals surface area (Å²) < 4.78 is 5.31. The zero-order valence-corrected chi connectivity index (χ0v) is 14.9. The number of rotatable bonds is 3. The smallest absolute Gasteiger partial charge is 0.336 e. The summed E-state index contributed by atoms with van der Waals surface area (Å²) in [7, 11) is 0. The number of aromatic nitrogens is 2. The SMILES string of the molecule is Cc1cc2oc(=O)cc(CSc3ncnc4ccccc34)c2cc1Cl. The topological polar surface area (TPSA) is 56.0 Å². The highest BCUT2D eigenvalue weighted by molar-refractivity contribution is 7.98.